The number of hydrogen-bond donors (Lipinski definition) is 1. The zero-order valence-corrected chi connectivity index (χ0v) is 13.8. The fourth-order valence-corrected chi connectivity index (χ4v) is 3.23. The third kappa shape index (κ3) is 3.79. The summed E-state index contributed by atoms with van der Waals surface area (Å²) >= 11 is 0. The molecule has 0 aliphatic heterocycles. The van der Waals surface area contributed by atoms with Gasteiger partial charge in [-0.25, -0.2) is 18.5 Å². The molecular weight excluding hydrogens is 361 g/mol. The van der Waals surface area contributed by atoms with E-state index in [4.69, 9.17) is 5.14 Å². The summed E-state index contributed by atoms with van der Waals surface area (Å²) in [6.45, 7) is 0. The van der Waals surface area contributed by atoms with Crippen molar-refractivity contribution in [2.75, 3.05) is 0 Å². The van der Waals surface area contributed by atoms with Crippen molar-refractivity contribution in [3.8, 4) is 5.82 Å². The summed E-state index contributed by atoms with van der Waals surface area (Å²) < 4.78 is 62.5. The lowest BCUT2D eigenvalue weighted by Gasteiger charge is -2.20. The Morgan fingerprint density at radius 2 is 1.80 bits per heavy atom. The van der Waals surface area contributed by atoms with Gasteiger partial charge in [-0.3, -0.25) is 0 Å². The van der Waals surface area contributed by atoms with E-state index >= 15 is 0 Å². The molecule has 1 saturated carbocycles. The van der Waals surface area contributed by atoms with Crippen LogP contribution in [0.1, 0.15) is 49.7 Å². The molecule has 0 aromatic carbocycles. The monoisotopic (exact) mass is 376 g/mol. The highest BCUT2D eigenvalue weighted by molar-refractivity contribution is 7.89. The van der Waals surface area contributed by atoms with Gasteiger partial charge in [0.25, 0.3) is 15.8 Å². The summed E-state index contributed by atoms with van der Waals surface area (Å²) in [5.41, 5.74) is 0. The zero-order chi connectivity index (χ0) is 18.2. The van der Waals surface area contributed by atoms with Crippen LogP contribution in [0.3, 0.4) is 0 Å². The maximum atomic E-state index is 13.0. The number of primary sulfonamides is 1. The fourth-order valence-electron chi connectivity index (χ4n) is 2.82. The molecule has 2 aromatic rings. The minimum atomic E-state index is -4.69. The van der Waals surface area contributed by atoms with Gasteiger partial charge in [0, 0.05) is 5.92 Å². The fraction of sp³-hybridized carbons (Fsp3) is 0.538. The zero-order valence-electron chi connectivity index (χ0n) is 12.9. The minimum absolute atomic E-state index is 0.0454. The summed E-state index contributed by atoms with van der Waals surface area (Å²) in [6.07, 6.45) is -0.455. The molecule has 1 fully saturated rings. The first-order chi connectivity index (χ1) is 11.7. The van der Waals surface area contributed by atoms with E-state index < -0.39 is 27.0 Å². The third-order valence-corrected chi connectivity index (χ3v) is 4.79. The highest BCUT2D eigenvalue weighted by Gasteiger charge is 2.38. The van der Waals surface area contributed by atoms with Crippen LogP contribution in [0.2, 0.25) is 0 Å². The normalized spacial score (nSPS) is 17.0. The summed E-state index contributed by atoms with van der Waals surface area (Å²) in [4.78, 5) is 3.67. The van der Waals surface area contributed by atoms with Crippen LogP contribution in [-0.4, -0.2) is 33.4 Å². The maximum absolute atomic E-state index is 13.0. The van der Waals surface area contributed by atoms with Gasteiger partial charge in [0.05, 0.1) is 0 Å². The van der Waals surface area contributed by atoms with Crippen molar-refractivity contribution in [2.45, 2.75) is 49.2 Å². The molecule has 0 atom stereocenters. The van der Waals surface area contributed by atoms with Crippen molar-refractivity contribution < 1.29 is 21.6 Å². The summed E-state index contributed by atoms with van der Waals surface area (Å²) in [5.74, 6) is -1.32. The predicted molar refractivity (Wildman–Crippen MR) is 79.2 cm³/mol. The topological polar surface area (TPSA) is 117 Å². The molecule has 1 aliphatic rings. The number of nitrogens with two attached hydrogens (primary N) is 1. The Bertz CT molecular complexity index is 857. The molecule has 1 aliphatic carbocycles. The van der Waals surface area contributed by atoms with Crippen molar-refractivity contribution in [1.29, 1.82) is 0 Å². The molecule has 136 valence electrons. The van der Waals surface area contributed by atoms with Crippen LogP contribution in [0.25, 0.3) is 5.82 Å². The Balaban J connectivity index is 2.05. The van der Waals surface area contributed by atoms with Crippen LogP contribution in [0, 0.1) is 0 Å². The van der Waals surface area contributed by atoms with Gasteiger partial charge in [0.2, 0.25) is 0 Å². The maximum Gasteiger partial charge on any atom is 0.453 e. The van der Waals surface area contributed by atoms with Crippen LogP contribution >= 0.6 is 0 Å². The number of sulfonamides is 1. The van der Waals surface area contributed by atoms with Gasteiger partial charge in [-0.15, -0.1) is 15.3 Å². The molecule has 2 N–H and O–H groups in total. The molecule has 0 radical (unpaired) electrons. The molecular formula is C13H15F3N6O2S. The minimum Gasteiger partial charge on any atom is -0.223 e. The van der Waals surface area contributed by atoms with Crippen molar-refractivity contribution in [3.63, 3.8) is 0 Å². The molecule has 0 unspecified atom stereocenters. The van der Waals surface area contributed by atoms with Crippen LogP contribution in [0.15, 0.2) is 17.2 Å². The summed E-state index contributed by atoms with van der Waals surface area (Å²) in [5, 5.41) is 15.1. The van der Waals surface area contributed by atoms with Crippen LogP contribution < -0.4 is 5.14 Å². The first-order valence-corrected chi connectivity index (χ1v) is 9.12. The second kappa shape index (κ2) is 6.33. The highest BCUT2D eigenvalue weighted by atomic mass is 32.2. The Labute approximate surface area is 141 Å². The van der Waals surface area contributed by atoms with E-state index in [1.165, 1.54) is 6.07 Å². The average Bonchev–Trinajstić information content (AvgIpc) is 3.00. The second-order valence-corrected chi connectivity index (χ2v) is 7.32. The second-order valence-electron chi connectivity index (χ2n) is 5.81. The third-order valence-electron chi connectivity index (χ3n) is 3.99. The molecule has 0 spiro atoms. The lowest BCUT2D eigenvalue weighted by atomic mass is 9.88. The Morgan fingerprint density at radius 3 is 2.32 bits per heavy atom. The van der Waals surface area contributed by atoms with Crippen molar-refractivity contribution in [2.24, 2.45) is 5.14 Å². The molecule has 2 aromatic heterocycles. The predicted octanol–water partition coefficient (Wildman–Crippen LogP) is 1.77. The number of halogens is 3. The van der Waals surface area contributed by atoms with Gasteiger partial charge in [0.15, 0.2) is 10.8 Å². The van der Waals surface area contributed by atoms with E-state index in [1.807, 2.05) is 0 Å². The van der Waals surface area contributed by atoms with Gasteiger partial charge in [-0.05, 0) is 25.0 Å². The van der Waals surface area contributed by atoms with Crippen molar-refractivity contribution in [3.05, 3.63) is 23.8 Å². The van der Waals surface area contributed by atoms with E-state index in [0.717, 1.165) is 30.0 Å². The van der Waals surface area contributed by atoms with Crippen molar-refractivity contribution >= 4 is 10.0 Å². The molecule has 12 heteroatoms. The highest BCUT2D eigenvalue weighted by Crippen LogP contribution is 2.35. The number of rotatable bonds is 3. The van der Waals surface area contributed by atoms with Gasteiger partial charge in [0.1, 0.15) is 5.82 Å². The standard InChI is InChI=1S/C13H15F3N6O2S/c14-13(15,16)12-18-11(8-4-2-1-3-5-8)22(21-12)9-6-7-10(20-19-9)25(17,23)24/h6-8H,1-5H2,(H2,17,23,24). The average molecular weight is 376 g/mol. The molecule has 8 nitrogen and oxygen atoms in total. The molecule has 0 bridgehead atoms. The number of nitrogens with zero attached hydrogens (tertiary/aromatic N) is 5. The molecule has 2 heterocycles. The Kier molecular flexibility index (Phi) is 4.49. The van der Waals surface area contributed by atoms with Crippen LogP contribution in [0.4, 0.5) is 13.2 Å². The molecule has 25 heavy (non-hydrogen) atoms. The number of hydrogen-bond acceptors (Lipinski definition) is 6. The van der Waals surface area contributed by atoms with E-state index in [9.17, 15) is 21.6 Å². The SMILES string of the molecule is NS(=O)(=O)c1ccc(-n2nc(C(F)(F)F)nc2C2CCCCC2)nn1. The number of alkyl halides is 3. The van der Waals surface area contributed by atoms with Gasteiger partial charge in [-0.2, -0.15) is 17.9 Å². The molecule has 0 amide bonds. The van der Waals surface area contributed by atoms with Crippen LogP contribution in [-0.2, 0) is 16.2 Å². The lowest BCUT2D eigenvalue weighted by Crippen LogP contribution is -2.17. The van der Waals surface area contributed by atoms with E-state index in [-0.39, 0.29) is 17.6 Å². The molecule has 0 saturated heterocycles. The van der Waals surface area contributed by atoms with E-state index in [0.29, 0.717) is 12.8 Å². The largest absolute Gasteiger partial charge is 0.453 e. The first kappa shape index (κ1) is 17.7. The summed E-state index contributed by atoms with van der Waals surface area (Å²) in [6, 6.07) is 2.27. The van der Waals surface area contributed by atoms with Crippen LogP contribution in [0.5, 0.6) is 0 Å². The lowest BCUT2D eigenvalue weighted by molar-refractivity contribution is -0.144. The Morgan fingerprint density at radius 1 is 1.12 bits per heavy atom. The smallest absolute Gasteiger partial charge is 0.223 e. The van der Waals surface area contributed by atoms with E-state index in [2.05, 4.69) is 20.3 Å². The van der Waals surface area contributed by atoms with E-state index in [1.54, 1.807) is 0 Å². The Hall–Kier alpha value is -2.08. The quantitative estimate of drug-likeness (QED) is 0.873. The van der Waals surface area contributed by atoms with Gasteiger partial charge >= 0.3 is 6.18 Å². The number of aromatic nitrogens is 5. The van der Waals surface area contributed by atoms with Gasteiger partial charge in [-0.1, -0.05) is 19.3 Å². The molecule has 3 rings (SSSR count). The van der Waals surface area contributed by atoms with Gasteiger partial charge < -0.3 is 0 Å². The van der Waals surface area contributed by atoms with Crippen molar-refractivity contribution in [1.82, 2.24) is 25.0 Å². The summed E-state index contributed by atoms with van der Waals surface area (Å²) in [7, 11) is -4.05. The first-order valence-electron chi connectivity index (χ1n) is 7.57.